The Labute approximate surface area is 175 Å². The van der Waals surface area contributed by atoms with E-state index in [1.807, 2.05) is 26.8 Å². The molecule has 1 amide bonds. The summed E-state index contributed by atoms with van der Waals surface area (Å²) >= 11 is 1.53. The summed E-state index contributed by atoms with van der Waals surface area (Å²) < 4.78 is 5.40. The largest absolute Gasteiger partial charge is 0.497 e. The summed E-state index contributed by atoms with van der Waals surface area (Å²) in [7, 11) is 1.70. The van der Waals surface area contributed by atoms with E-state index in [1.165, 1.54) is 22.3 Å². The minimum Gasteiger partial charge on any atom is -0.497 e. The van der Waals surface area contributed by atoms with Gasteiger partial charge in [-0.1, -0.05) is 0 Å². The molecule has 1 aliphatic heterocycles. The Hall–Kier alpha value is -2.38. The lowest BCUT2D eigenvalue weighted by molar-refractivity contribution is -0.121. The number of carbonyl (C=O) groups is 1. The monoisotopic (exact) mass is 412 g/mol. The van der Waals surface area contributed by atoms with E-state index in [4.69, 9.17) is 4.74 Å². The first kappa shape index (κ1) is 19.9. The highest BCUT2D eigenvalue weighted by atomic mass is 32.1. The first-order valence-corrected chi connectivity index (χ1v) is 10.9. The summed E-state index contributed by atoms with van der Waals surface area (Å²) in [5.74, 6) is 1.40. The molecule has 1 fully saturated rings. The van der Waals surface area contributed by atoms with Gasteiger partial charge in [0.05, 0.1) is 18.8 Å². The molecule has 2 N–H and O–H groups in total. The number of nitrogens with zero attached hydrogens (tertiary/aromatic N) is 2. The Kier molecular flexibility index (Phi) is 5.61. The fourth-order valence-electron chi connectivity index (χ4n) is 4.09. The Morgan fingerprint density at radius 1 is 1.34 bits per heavy atom. The van der Waals surface area contributed by atoms with Gasteiger partial charge in [0.2, 0.25) is 5.91 Å². The third-order valence-corrected chi connectivity index (χ3v) is 7.06. The molecule has 0 spiro atoms. The molecule has 0 aliphatic carbocycles. The van der Waals surface area contributed by atoms with Crippen molar-refractivity contribution in [1.82, 2.24) is 14.9 Å². The quantitative estimate of drug-likeness (QED) is 0.649. The molecule has 1 saturated heterocycles. The maximum absolute atomic E-state index is 12.7. The number of nitrogens with one attached hydrogen (secondary N) is 2. The molecule has 1 atom stereocenters. The Morgan fingerprint density at radius 3 is 2.76 bits per heavy atom. The van der Waals surface area contributed by atoms with Gasteiger partial charge in [-0.25, -0.2) is 4.98 Å². The molecule has 3 heterocycles. The van der Waals surface area contributed by atoms with Gasteiger partial charge >= 0.3 is 0 Å². The number of carbonyl (C=O) groups excluding carboxylic acids is 1. The minimum atomic E-state index is -0.163. The number of aromatic nitrogens is 2. The lowest BCUT2D eigenvalue weighted by Crippen LogP contribution is -2.45. The van der Waals surface area contributed by atoms with Gasteiger partial charge in [0, 0.05) is 22.0 Å². The fraction of sp³-hybridized carbons (Fsp3) is 0.455. The maximum Gasteiger partial charge on any atom is 0.243 e. The van der Waals surface area contributed by atoms with Crippen LogP contribution in [0, 0.1) is 13.8 Å². The summed E-state index contributed by atoms with van der Waals surface area (Å²) in [6.45, 7) is 7.80. The number of rotatable bonds is 5. The molecule has 0 radical (unpaired) electrons. The van der Waals surface area contributed by atoms with Crippen LogP contribution in [0.1, 0.15) is 41.8 Å². The number of methoxy groups -OCH3 is 1. The first-order chi connectivity index (χ1) is 14.0. The van der Waals surface area contributed by atoms with Crippen LogP contribution >= 0.6 is 11.3 Å². The maximum atomic E-state index is 12.7. The number of benzene rings is 1. The molecule has 3 aromatic rings. The van der Waals surface area contributed by atoms with Gasteiger partial charge in [0.25, 0.3) is 0 Å². The molecular weight excluding hydrogens is 384 g/mol. The number of aromatic amines is 1. The standard InChI is InChI=1S/C22H28N4O2S/c1-13-15(3)29-22(24-13)25-21(27)14(2)26-9-7-16(8-10-26)19-12-23-20-6-5-17(28-4)11-18(19)20/h5-6,11-12,14,16,23H,7-10H2,1-4H3,(H,24,25,27). The Morgan fingerprint density at radius 2 is 2.10 bits per heavy atom. The molecule has 29 heavy (non-hydrogen) atoms. The average Bonchev–Trinajstić information content (AvgIpc) is 3.29. The van der Waals surface area contributed by atoms with E-state index in [0.29, 0.717) is 11.0 Å². The van der Waals surface area contributed by atoms with Gasteiger partial charge in [-0.15, -0.1) is 11.3 Å². The van der Waals surface area contributed by atoms with Gasteiger partial charge in [-0.2, -0.15) is 0 Å². The van der Waals surface area contributed by atoms with Crippen molar-refractivity contribution in [3.05, 3.63) is 40.5 Å². The van der Waals surface area contributed by atoms with Crippen LogP contribution in [-0.4, -0.2) is 47.0 Å². The van der Waals surface area contributed by atoms with Crippen LogP contribution in [0.5, 0.6) is 5.75 Å². The van der Waals surface area contributed by atoms with Gasteiger partial charge in [0.1, 0.15) is 5.75 Å². The van der Waals surface area contributed by atoms with Crippen LogP contribution in [0.15, 0.2) is 24.4 Å². The molecule has 2 aromatic heterocycles. The Balaban J connectivity index is 1.39. The number of fused-ring (bicyclic) bond motifs is 1. The first-order valence-electron chi connectivity index (χ1n) is 10.1. The van der Waals surface area contributed by atoms with Crippen LogP contribution in [0.4, 0.5) is 5.13 Å². The molecule has 154 valence electrons. The van der Waals surface area contributed by atoms with E-state index in [0.717, 1.165) is 47.8 Å². The van der Waals surface area contributed by atoms with Crippen molar-refractivity contribution in [2.45, 2.75) is 45.6 Å². The minimum absolute atomic E-state index is 0.0223. The number of anilines is 1. The summed E-state index contributed by atoms with van der Waals surface area (Å²) in [6.07, 6.45) is 4.21. The van der Waals surface area contributed by atoms with Crippen LogP contribution < -0.4 is 10.1 Å². The molecule has 1 unspecified atom stereocenters. The topological polar surface area (TPSA) is 70.2 Å². The van der Waals surface area contributed by atoms with Crippen molar-refractivity contribution in [2.24, 2.45) is 0 Å². The molecule has 7 heteroatoms. The Bertz CT molecular complexity index is 998. The lowest BCUT2D eigenvalue weighted by atomic mass is 9.88. The van der Waals surface area contributed by atoms with Crippen molar-refractivity contribution in [3.8, 4) is 5.75 Å². The smallest absolute Gasteiger partial charge is 0.243 e. The number of hydrogen-bond donors (Lipinski definition) is 2. The highest BCUT2D eigenvalue weighted by Crippen LogP contribution is 2.35. The molecule has 0 bridgehead atoms. The SMILES string of the molecule is COc1ccc2[nH]cc(C3CCN(C(C)C(=O)Nc4nc(C)c(C)s4)CC3)c2c1. The molecule has 4 rings (SSSR count). The van der Waals surface area contributed by atoms with Gasteiger partial charge in [-0.05, 0) is 76.4 Å². The number of likely N-dealkylation sites (tertiary alicyclic amines) is 1. The van der Waals surface area contributed by atoms with Crippen LogP contribution in [-0.2, 0) is 4.79 Å². The number of thiazole rings is 1. The van der Waals surface area contributed by atoms with Crippen molar-refractivity contribution >= 4 is 33.3 Å². The van der Waals surface area contributed by atoms with Crippen molar-refractivity contribution < 1.29 is 9.53 Å². The summed E-state index contributed by atoms with van der Waals surface area (Å²) in [5.41, 5.74) is 3.48. The number of H-pyrrole nitrogens is 1. The molecular formula is C22H28N4O2S. The molecule has 6 nitrogen and oxygen atoms in total. The zero-order valence-corrected chi connectivity index (χ0v) is 18.2. The number of amides is 1. The van der Waals surface area contributed by atoms with Crippen LogP contribution in [0.25, 0.3) is 10.9 Å². The van der Waals surface area contributed by atoms with Crippen molar-refractivity contribution in [1.29, 1.82) is 0 Å². The second-order valence-electron chi connectivity index (χ2n) is 7.79. The van der Waals surface area contributed by atoms with Crippen molar-refractivity contribution in [2.75, 3.05) is 25.5 Å². The highest BCUT2D eigenvalue weighted by molar-refractivity contribution is 7.15. The normalized spacial score (nSPS) is 16.8. The number of aryl methyl sites for hydroxylation is 2. The van der Waals surface area contributed by atoms with Gasteiger partial charge in [-0.3, -0.25) is 9.69 Å². The van der Waals surface area contributed by atoms with Gasteiger partial charge in [0.15, 0.2) is 5.13 Å². The zero-order valence-electron chi connectivity index (χ0n) is 17.4. The van der Waals surface area contributed by atoms with Crippen molar-refractivity contribution in [3.63, 3.8) is 0 Å². The number of hydrogen-bond acceptors (Lipinski definition) is 5. The second-order valence-corrected chi connectivity index (χ2v) is 8.99. The van der Waals surface area contributed by atoms with Crippen LogP contribution in [0.2, 0.25) is 0 Å². The highest BCUT2D eigenvalue weighted by Gasteiger charge is 2.28. The number of piperidine rings is 1. The van der Waals surface area contributed by atoms with E-state index >= 15 is 0 Å². The predicted octanol–water partition coefficient (Wildman–Crippen LogP) is 4.46. The predicted molar refractivity (Wildman–Crippen MR) is 118 cm³/mol. The van der Waals surface area contributed by atoms with E-state index < -0.39 is 0 Å². The second kappa shape index (κ2) is 8.16. The van der Waals surface area contributed by atoms with E-state index in [9.17, 15) is 4.79 Å². The third kappa shape index (κ3) is 4.02. The lowest BCUT2D eigenvalue weighted by Gasteiger charge is -2.35. The van der Waals surface area contributed by atoms with E-state index in [-0.39, 0.29) is 11.9 Å². The summed E-state index contributed by atoms with van der Waals surface area (Å²) in [6, 6.07) is 6.00. The van der Waals surface area contributed by atoms with Gasteiger partial charge < -0.3 is 15.0 Å². The van der Waals surface area contributed by atoms with E-state index in [1.54, 1.807) is 7.11 Å². The zero-order chi connectivity index (χ0) is 20.5. The molecule has 1 aromatic carbocycles. The average molecular weight is 413 g/mol. The summed E-state index contributed by atoms with van der Waals surface area (Å²) in [5, 5.41) is 4.92. The summed E-state index contributed by atoms with van der Waals surface area (Å²) in [4.78, 5) is 23.9. The van der Waals surface area contributed by atoms with Crippen LogP contribution in [0.3, 0.4) is 0 Å². The third-order valence-electron chi connectivity index (χ3n) is 6.08. The molecule has 1 aliphatic rings. The fourth-order valence-corrected chi connectivity index (χ4v) is 4.90. The molecule has 0 saturated carbocycles. The number of ether oxygens (including phenoxy) is 1. The van der Waals surface area contributed by atoms with E-state index in [2.05, 4.69) is 38.5 Å².